The zero-order valence-electron chi connectivity index (χ0n) is 5.89. The van der Waals surface area contributed by atoms with Gasteiger partial charge in [-0.05, 0) is 5.92 Å². The Balaban J connectivity index is 3.50. The summed E-state index contributed by atoms with van der Waals surface area (Å²) >= 11 is 0. The highest BCUT2D eigenvalue weighted by Crippen LogP contribution is 1.99. The predicted octanol–water partition coefficient (Wildman–Crippen LogP) is -1.61. The number of rotatable bonds is 3. The molecule has 0 aliphatic carbocycles. The van der Waals surface area contributed by atoms with Gasteiger partial charge in [0.05, 0.1) is 5.97 Å². The first-order valence-corrected chi connectivity index (χ1v) is 3.08. The van der Waals surface area contributed by atoms with Crippen molar-refractivity contribution >= 4 is 5.97 Å². The molecule has 0 aromatic heterocycles. The number of hydrogen-bond donors (Lipinski definition) is 1. The lowest BCUT2D eigenvalue weighted by atomic mass is 10.1. The first kappa shape index (κ1) is 8.43. The molecular formula is C6H13NO2. The fourth-order valence-electron chi connectivity index (χ4n) is 0.665. The third-order valence-electron chi connectivity index (χ3n) is 1.09. The standard InChI is InChI=1S/C6H13NO2/c1-4(2)3-5(7)6(8)9/h4-5H,3,7H2,1-2H3,(H,8,9)/t5-/m0/s1/i1+1/t4-,5+/m1. The monoisotopic (exact) mass is 132 g/mol. The van der Waals surface area contributed by atoms with Gasteiger partial charge in [-0.25, -0.2) is 0 Å². The van der Waals surface area contributed by atoms with Crippen LogP contribution in [0.2, 0.25) is 0 Å². The number of quaternary nitrogens is 1. The second-order valence-electron chi connectivity index (χ2n) is 2.65. The van der Waals surface area contributed by atoms with Gasteiger partial charge >= 0.3 is 0 Å². The minimum absolute atomic E-state index is 0.380. The molecule has 0 spiro atoms. The molecule has 3 nitrogen and oxygen atoms in total. The highest BCUT2D eigenvalue weighted by atomic mass is 16.4. The van der Waals surface area contributed by atoms with Crippen molar-refractivity contribution in [2.75, 3.05) is 0 Å². The Morgan fingerprint density at radius 2 is 2.11 bits per heavy atom. The third-order valence-corrected chi connectivity index (χ3v) is 1.09. The molecule has 0 aliphatic heterocycles. The van der Waals surface area contributed by atoms with Gasteiger partial charge in [0, 0.05) is 6.42 Å². The fraction of sp³-hybridized carbons (Fsp3) is 0.833. The summed E-state index contributed by atoms with van der Waals surface area (Å²) in [6.45, 7) is 3.92. The molecular weight excluding hydrogens is 119 g/mol. The van der Waals surface area contributed by atoms with E-state index in [1.54, 1.807) is 0 Å². The highest BCUT2D eigenvalue weighted by molar-refractivity contribution is 5.69. The zero-order chi connectivity index (χ0) is 7.44. The molecule has 0 radical (unpaired) electrons. The molecule has 2 atom stereocenters. The Kier molecular flexibility index (Phi) is 3.24. The van der Waals surface area contributed by atoms with Crippen molar-refractivity contribution in [3.8, 4) is 0 Å². The molecule has 0 rings (SSSR count). The van der Waals surface area contributed by atoms with Crippen LogP contribution in [0.4, 0.5) is 0 Å². The van der Waals surface area contributed by atoms with Gasteiger partial charge in [0.1, 0.15) is 6.04 Å². The topological polar surface area (TPSA) is 67.8 Å². The van der Waals surface area contributed by atoms with E-state index in [4.69, 9.17) is 0 Å². The molecule has 0 unspecified atom stereocenters. The van der Waals surface area contributed by atoms with Crippen LogP contribution in [0.5, 0.6) is 0 Å². The van der Waals surface area contributed by atoms with Crippen LogP contribution in [-0.2, 0) is 4.79 Å². The number of carboxylic acids is 1. The first-order valence-electron chi connectivity index (χ1n) is 3.08. The van der Waals surface area contributed by atoms with Crippen LogP contribution in [0, 0.1) is 5.92 Å². The van der Waals surface area contributed by atoms with Gasteiger partial charge in [-0.3, -0.25) is 0 Å². The van der Waals surface area contributed by atoms with Gasteiger partial charge in [-0.2, -0.15) is 0 Å². The Morgan fingerprint density at radius 3 is 2.22 bits per heavy atom. The zero-order valence-corrected chi connectivity index (χ0v) is 5.89. The maximum Gasteiger partial charge on any atom is 0.125 e. The Hall–Kier alpha value is -0.570. The quantitative estimate of drug-likeness (QED) is 0.469. The number of carboxylic acid groups (broad SMARTS) is 1. The van der Waals surface area contributed by atoms with Crippen LogP contribution in [0.3, 0.4) is 0 Å². The number of hydrogen-bond acceptors (Lipinski definition) is 2. The summed E-state index contributed by atoms with van der Waals surface area (Å²) in [5.74, 6) is -0.672. The molecule has 54 valence electrons. The summed E-state index contributed by atoms with van der Waals surface area (Å²) in [6.07, 6.45) is 0.600. The lowest BCUT2D eigenvalue weighted by molar-refractivity contribution is -0.439. The maximum atomic E-state index is 10.1. The number of carbonyl (C=O) groups excluding carboxylic acids is 1. The Bertz CT molecular complexity index is 101. The van der Waals surface area contributed by atoms with Crippen molar-refractivity contribution in [2.24, 2.45) is 5.92 Å². The van der Waals surface area contributed by atoms with E-state index in [-0.39, 0.29) is 0 Å². The molecule has 0 bridgehead atoms. The summed E-state index contributed by atoms with van der Waals surface area (Å²) < 4.78 is 0. The molecule has 0 aromatic carbocycles. The molecule has 0 fully saturated rings. The van der Waals surface area contributed by atoms with E-state index in [2.05, 4.69) is 5.73 Å². The van der Waals surface area contributed by atoms with Crippen LogP contribution in [-0.4, -0.2) is 12.0 Å². The second-order valence-corrected chi connectivity index (χ2v) is 2.65. The van der Waals surface area contributed by atoms with E-state index in [1.807, 2.05) is 13.8 Å². The summed E-state index contributed by atoms with van der Waals surface area (Å²) in [5, 5.41) is 10.1. The second kappa shape index (κ2) is 3.45. The lowest BCUT2D eigenvalue weighted by Crippen LogP contribution is -2.68. The third kappa shape index (κ3) is 3.97. The first-order chi connectivity index (χ1) is 4.04. The van der Waals surface area contributed by atoms with E-state index in [1.165, 1.54) is 0 Å². The SMILES string of the molecule is C[C@@H]([13CH3])C[C@H]([NH3+])C(=O)[O-]. The fourth-order valence-corrected chi connectivity index (χ4v) is 0.665. The van der Waals surface area contributed by atoms with Crippen molar-refractivity contribution in [3.63, 3.8) is 0 Å². The largest absolute Gasteiger partial charge is 0.544 e. The van der Waals surface area contributed by atoms with E-state index < -0.39 is 12.0 Å². The summed E-state index contributed by atoms with van der Waals surface area (Å²) in [6, 6.07) is -0.551. The Labute approximate surface area is 54.9 Å². The molecule has 0 amide bonds. The molecule has 0 heterocycles. The van der Waals surface area contributed by atoms with E-state index in [0.717, 1.165) is 0 Å². The average molecular weight is 132 g/mol. The number of carbonyl (C=O) groups is 1. The van der Waals surface area contributed by atoms with Crippen LogP contribution >= 0.6 is 0 Å². The average Bonchev–Trinajstić information content (AvgIpc) is 1.63. The van der Waals surface area contributed by atoms with Crippen molar-refractivity contribution in [1.29, 1.82) is 0 Å². The van der Waals surface area contributed by atoms with Crippen molar-refractivity contribution in [2.45, 2.75) is 26.3 Å². The summed E-state index contributed by atoms with van der Waals surface area (Å²) in [5.41, 5.74) is 3.42. The van der Waals surface area contributed by atoms with E-state index >= 15 is 0 Å². The van der Waals surface area contributed by atoms with Gasteiger partial charge in [-0.15, -0.1) is 0 Å². The highest BCUT2D eigenvalue weighted by Gasteiger charge is 2.08. The van der Waals surface area contributed by atoms with Crippen LogP contribution < -0.4 is 10.8 Å². The normalized spacial score (nSPS) is 16.8. The van der Waals surface area contributed by atoms with Gasteiger partial charge in [0.25, 0.3) is 0 Å². The lowest BCUT2D eigenvalue weighted by Gasteiger charge is -2.10. The minimum Gasteiger partial charge on any atom is -0.544 e. The van der Waals surface area contributed by atoms with Gasteiger partial charge < -0.3 is 15.6 Å². The molecule has 0 aliphatic rings. The summed E-state index contributed by atoms with van der Waals surface area (Å²) in [7, 11) is 0. The van der Waals surface area contributed by atoms with Crippen LogP contribution in [0.25, 0.3) is 0 Å². The molecule has 0 saturated carbocycles. The Morgan fingerprint density at radius 1 is 1.67 bits per heavy atom. The predicted molar refractivity (Wildman–Crippen MR) is 31.1 cm³/mol. The van der Waals surface area contributed by atoms with E-state index in [9.17, 15) is 9.90 Å². The summed E-state index contributed by atoms with van der Waals surface area (Å²) in [4.78, 5) is 10.1. The molecule has 3 heteroatoms. The van der Waals surface area contributed by atoms with Crippen molar-refractivity contribution in [1.82, 2.24) is 0 Å². The van der Waals surface area contributed by atoms with Crippen molar-refractivity contribution < 1.29 is 15.6 Å². The van der Waals surface area contributed by atoms with Gasteiger partial charge in [0.15, 0.2) is 0 Å². The molecule has 0 saturated heterocycles. The van der Waals surface area contributed by atoms with Crippen LogP contribution in [0.15, 0.2) is 0 Å². The van der Waals surface area contributed by atoms with Gasteiger partial charge in [-0.1, -0.05) is 13.8 Å². The molecule has 0 aromatic rings. The molecule has 9 heavy (non-hydrogen) atoms. The molecule has 3 N–H and O–H groups in total. The maximum absolute atomic E-state index is 10.1. The minimum atomic E-state index is -1.05. The number of aliphatic carboxylic acids is 1. The van der Waals surface area contributed by atoms with Crippen LogP contribution in [0.1, 0.15) is 20.3 Å². The van der Waals surface area contributed by atoms with E-state index in [0.29, 0.717) is 12.3 Å². The van der Waals surface area contributed by atoms with Crippen molar-refractivity contribution in [3.05, 3.63) is 0 Å². The smallest absolute Gasteiger partial charge is 0.125 e. The van der Waals surface area contributed by atoms with Gasteiger partial charge in [0.2, 0.25) is 0 Å².